The van der Waals surface area contributed by atoms with Crippen molar-refractivity contribution in [3.8, 4) is 11.1 Å². The molecule has 0 saturated carbocycles. The summed E-state index contributed by atoms with van der Waals surface area (Å²) in [5.74, 6) is -1.40. The van der Waals surface area contributed by atoms with Crippen LogP contribution in [0.15, 0.2) is 60.7 Å². The lowest BCUT2D eigenvalue weighted by Gasteiger charge is -2.07. The van der Waals surface area contributed by atoms with E-state index in [1.54, 1.807) is 36.4 Å². The summed E-state index contributed by atoms with van der Waals surface area (Å²) in [6.45, 7) is 0. The molecule has 102 valence electrons. The first-order valence-corrected chi connectivity index (χ1v) is 6.01. The molecule has 0 heterocycles. The lowest BCUT2D eigenvalue weighted by atomic mass is 10.0. The number of aliphatic hydroxyl groups is 1. The van der Waals surface area contributed by atoms with Crippen LogP contribution in [0.3, 0.4) is 0 Å². The van der Waals surface area contributed by atoms with Gasteiger partial charge in [0, 0.05) is 6.08 Å². The third kappa shape index (κ3) is 3.52. The van der Waals surface area contributed by atoms with Gasteiger partial charge in [-0.05, 0) is 34.9 Å². The van der Waals surface area contributed by atoms with Crippen LogP contribution in [-0.4, -0.2) is 16.2 Å². The van der Waals surface area contributed by atoms with Gasteiger partial charge in [-0.1, -0.05) is 36.4 Å². The minimum absolute atomic E-state index is 0.292. The molecular formula is C16H13FO3. The van der Waals surface area contributed by atoms with Crippen molar-refractivity contribution in [1.29, 1.82) is 0 Å². The molecule has 0 radical (unpaired) electrons. The molecule has 0 aromatic heterocycles. The van der Waals surface area contributed by atoms with Crippen molar-refractivity contribution < 1.29 is 19.4 Å². The van der Waals surface area contributed by atoms with Crippen molar-refractivity contribution >= 4 is 5.97 Å². The highest BCUT2D eigenvalue weighted by Gasteiger charge is 2.05. The van der Waals surface area contributed by atoms with E-state index >= 15 is 0 Å². The fourth-order valence-electron chi connectivity index (χ4n) is 1.80. The largest absolute Gasteiger partial charge is 0.478 e. The fraction of sp³-hybridized carbons (Fsp3) is 0.0625. The molecule has 2 rings (SSSR count). The molecule has 0 spiro atoms. The van der Waals surface area contributed by atoms with Gasteiger partial charge in [0.1, 0.15) is 5.82 Å². The van der Waals surface area contributed by atoms with Crippen molar-refractivity contribution in [3.05, 3.63) is 72.1 Å². The van der Waals surface area contributed by atoms with Gasteiger partial charge in [0.15, 0.2) is 0 Å². The predicted octanol–water partition coefficient (Wildman–Crippen LogP) is 3.17. The Balaban J connectivity index is 2.17. The molecule has 0 amide bonds. The van der Waals surface area contributed by atoms with E-state index in [0.717, 1.165) is 17.2 Å². The van der Waals surface area contributed by atoms with Crippen LogP contribution < -0.4 is 0 Å². The summed E-state index contributed by atoms with van der Waals surface area (Å²) in [4.78, 5) is 10.4. The van der Waals surface area contributed by atoms with Crippen LogP contribution in [0.5, 0.6) is 0 Å². The molecule has 0 fully saturated rings. The zero-order valence-electron chi connectivity index (χ0n) is 10.5. The third-order valence-electron chi connectivity index (χ3n) is 2.85. The van der Waals surface area contributed by atoms with Crippen molar-refractivity contribution in [2.45, 2.75) is 6.10 Å². The lowest BCUT2D eigenvalue weighted by Crippen LogP contribution is -1.95. The molecule has 0 bridgehead atoms. The average Bonchev–Trinajstić information content (AvgIpc) is 2.46. The molecule has 20 heavy (non-hydrogen) atoms. The number of benzene rings is 2. The Morgan fingerprint density at radius 2 is 1.50 bits per heavy atom. The molecule has 4 heteroatoms. The van der Waals surface area contributed by atoms with Gasteiger partial charge >= 0.3 is 5.97 Å². The predicted molar refractivity (Wildman–Crippen MR) is 73.6 cm³/mol. The van der Waals surface area contributed by atoms with Crippen LogP contribution in [0.4, 0.5) is 4.39 Å². The van der Waals surface area contributed by atoms with Gasteiger partial charge < -0.3 is 10.2 Å². The van der Waals surface area contributed by atoms with Crippen LogP contribution in [0.25, 0.3) is 11.1 Å². The molecule has 3 nitrogen and oxygen atoms in total. The molecular weight excluding hydrogens is 259 g/mol. The van der Waals surface area contributed by atoms with E-state index in [2.05, 4.69) is 0 Å². The van der Waals surface area contributed by atoms with E-state index in [-0.39, 0.29) is 5.82 Å². The number of aliphatic hydroxyl groups excluding tert-OH is 1. The second kappa shape index (κ2) is 6.12. The number of carboxylic acid groups (broad SMARTS) is 1. The highest BCUT2D eigenvalue weighted by atomic mass is 19.1. The number of hydrogen-bond acceptors (Lipinski definition) is 2. The molecule has 2 aromatic carbocycles. The van der Waals surface area contributed by atoms with Gasteiger partial charge in [0.05, 0.1) is 6.10 Å². The van der Waals surface area contributed by atoms with Gasteiger partial charge in [0.2, 0.25) is 0 Å². The lowest BCUT2D eigenvalue weighted by molar-refractivity contribution is -0.131. The Morgan fingerprint density at radius 1 is 1.00 bits per heavy atom. The van der Waals surface area contributed by atoms with Crippen LogP contribution in [0.1, 0.15) is 11.7 Å². The van der Waals surface area contributed by atoms with Crippen molar-refractivity contribution in [2.24, 2.45) is 0 Å². The van der Waals surface area contributed by atoms with E-state index in [1.807, 2.05) is 0 Å². The first-order valence-electron chi connectivity index (χ1n) is 6.01. The maximum Gasteiger partial charge on any atom is 0.328 e. The minimum atomic E-state index is -1.10. The van der Waals surface area contributed by atoms with Gasteiger partial charge in [-0.25, -0.2) is 9.18 Å². The van der Waals surface area contributed by atoms with E-state index < -0.39 is 12.1 Å². The Morgan fingerprint density at radius 3 is 2.00 bits per heavy atom. The van der Waals surface area contributed by atoms with Crippen molar-refractivity contribution in [3.63, 3.8) is 0 Å². The van der Waals surface area contributed by atoms with E-state index in [0.29, 0.717) is 5.56 Å². The van der Waals surface area contributed by atoms with Crippen LogP contribution >= 0.6 is 0 Å². The summed E-state index contributed by atoms with van der Waals surface area (Å²) in [5.41, 5.74) is 2.35. The zero-order valence-corrected chi connectivity index (χ0v) is 10.5. The second-order valence-electron chi connectivity index (χ2n) is 4.27. The number of halogens is 1. The monoisotopic (exact) mass is 272 g/mol. The SMILES string of the molecule is O=C(O)/C=C/C(O)c1ccc(-c2ccc(F)cc2)cc1. The molecule has 1 unspecified atom stereocenters. The summed E-state index contributed by atoms with van der Waals surface area (Å²) >= 11 is 0. The molecule has 2 aromatic rings. The molecule has 0 saturated heterocycles. The molecule has 0 aliphatic carbocycles. The number of carbonyl (C=O) groups is 1. The number of rotatable bonds is 4. The summed E-state index contributed by atoms with van der Waals surface area (Å²) < 4.78 is 12.8. The summed E-state index contributed by atoms with van der Waals surface area (Å²) in [6, 6.07) is 13.1. The molecule has 0 aliphatic rings. The number of aliphatic carboxylic acids is 1. The minimum Gasteiger partial charge on any atom is -0.478 e. The summed E-state index contributed by atoms with van der Waals surface area (Å²) in [5, 5.41) is 18.3. The topological polar surface area (TPSA) is 57.5 Å². The quantitative estimate of drug-likeness (QED) is 0.840. The van der Waals surface area contributed by atoms with E-state index in [9.17, 15) is 14.3 Å². The fourth-order valence-corrected chi connectivity index (χ4v) is 1.80. The Hall–Kier alpha value is -2.46. The summed E-state index contributed by atoms with van der Waals surface area (Å²) in [7, 11) is 0. The molecule has 2 N–H and O–H groups in total. The van der Waals surface area contributed by atoms with Gasteiger partial charge in [-0.2, -0.15) is 0 Å². The first-order chi connectivity index (χ1) is 9.56. The van der Waals surface area contributed by atoms with Gasteiger partial charge in [-0.15, -0.1) is 0 Å². The molecule has 0 aliphatic heterocycles. The first kappa shape index (κ1) is 14.0. The Labute approximate surface area is 115 Å². The second-order valence-corrected chi connectivity index (χ2v) is 4.27. The normalized spacial score (nSPS) is 12.5. The van der Waals surface area contributed by atoms with Gasteiger partial charge in [-0.3, -0.25) is 0 Å². The highest BCUT2D eigenvalue weighted by Crippen LogP contribution is 2.22. The molecule has 1 atom stereocenters. The van der Waals surface area contributed by atoms with Crippen LogP contribution in [-0.2, 0) is 4.79 Å². The summed E-state index contributed by atoms with van der Waals surface area (Å²) in [6.07, 6.45) is 1.14. The smallest absolute Gasteiger partial charge is 0.328 e. The van der Waals surface area contributed by atoms with Crippen molar-refractivity contribution in [1.82, 2.24) is 0 Å². The highest BCUT2D eigenvalue weighted by molar-refractivity contribution is 5.79. The van der Waals surface area contributed by atoms with Crippen LogP contribution in [0.2, 0.25) is 0 Å². The zero-order chi connectivity index (χ0) is 14.5. The number of carboxylic acids is 1. The average molecular weight is 272 g/mol. The van der Waals surface area contributed by atoms with Gasteiger partial charge in [0.25, 0.3) is 0 Å². The Bertz CT molecular complexity index is 615. The maximum atomic E-state index is 12.8. The third-order valence-corrected chi connectivity index (χ3v) is 2.85. The Kier molecular flexibility index (Phi) is 4.27. The van der Waals surface area contributed by atoms with E-state index in [1.165, 1.54) is 18.2 Å². The van der Waals surface area contributed by atoms with E-state index in [4.69, 9.17) is 5.11 Å². The number of hydrogen-bond donors (Lipinski definition) is 2. The maximum absolute atomic E-state index is 12.8. The van der Waals surface area contributed by atoms with Crippen LogP contribution in [0, 0.1) is 5.82 Å². The van der Waals surface area contributed by atoms with Crippen molar-refractivity contribution in [2.75, 3.05) is 0 Å². The standard InChI is InChI=1S/C16H13FO3/c17-14-7-5-12(6-8-14)11-1-3-13(4-2-11)15(18)9-10-16(19)20/h1-10,15,18H,(H,19,20)/b10-9+.